The lowest BCUT2D eigenvalue weighted by Crippen LogP contribution is -2.34. The maximum Gasteiger partial charge on any atom is 0.277 e. The van der Waals surface area contributed by atoms with Gasteiger partial charge in [0.15, 0.2) is 0 Å². The summed E-state index contributed by atoms with van der Waals surface area (Å²) in [6, 6.07) is 6.16. The molecule has 1 aromatic carbocycles. The molecule has 2 amide bonds. The minimum atomic E-state index is -3.56. The second-order valence-electron chi connectivity index (χ2n) is 5.84. The fraction of sp³-hybridized carbons (Fsp3) is 0.375. The van der Waals surface area contributed by atoms with E-state index in [1.807, 2.05) is 0 Å². The van der Waals surface area contributed by atoms with Crippen molar-refractivity contribution in [1.82, 2.24) is 9.21 Å². The zero-order valence-electron chi connectivity index (χ0n) is 13.5. The summed E-state index contributed by atoms with van der Waals surface area (Å²) in [7, 11) is -3.56. The molecule has 1 saturated heterocycles. The normalized spacial score (nSPS) is 18.8. The highest BCUT2D eigenvalue weighted by molar-refractivity contribution is 7.89. The molecule has 1 aromatic rings. The van der Waals surface area contributed by atoms with Crippen LogP contribution in [-0.2, 0) is 19.6 Å². The van der Waals surface area contributed by atoms with Gasteiger partial charge in [0, 0.05) is 24.9 Å². The molecule has 0 aromatic heterocycles. The Balaban J connectivity index is 1.80. The number of amides is 2. The van der Waals surface area contributed by atoms with Crippen LogP contribution in [0.1, 0.15) is 12.8 Å². The molecule has 134 valence electrons. The topological polar surface area (TPSA) is 107 Å². The molecule has 3 rings (SSSR count). The van der Waals surface area contributed by atoms with Crippen molar-refractivity contribution >= 4 is 27.5 Å². The third-order valence-electron chi connectivity index (χ3n) is 4.15. The van der Waals surface area contributed by atoms with Crippen LogP contribution in [0.15, 0.2) is 40.9 Å². The lowest BCUT2D eigenvalue weighted by molar-refractivity contribution is -0.137. The Labute approximate surface area is 145 Å². The van der Waals surface area contributed by atoms with Gasteiger partial charge in [0.25, 0.3) is 11.8 Å². The highest BCUT2D eigenvalue weighted by atomic mass is 32.2. The van der Waals surface area contributed by atoms with Crippen LogP contribution < -0.4 is 5.32 Å². The number of sulfonamides is 1. The van der Waals surface area contributed by atoms with Crippen LogP contribution in [0.3, 0.4) is 0 Å². The molecule has 0 unspecified atom stereocenters. The van der Waals surface area contributed by atoms with E-state index in [2.05, 4.69) is 5.32 Å². The maximum absolute atomic E-state index is 12.6. The number of β-amino-alcohol motifs (C(OH)–C–C–N with tert-alkyl or cyclic N) is 1. The molecule has 0 bridgehead atoms. The lowest BCUT2D eigenvalue weighted by atomic mass is 10.3. The van der Waals surface area contributed by atoms with Crippen LogP contribution in [0, 0.1) is 0 Å². The van der Waals surface area contributed by atoms with E-state index in [4.69, 9.17) is 5.11 Å². The lowest BCUT2D eigenvalue weighted by Gasteiger charge is -2.17. The van der Waals surface area contributed by atoms with E-state index < -0.39 is 21.8 Å². The Morgan fingerprint density at radius 1 is 1.16 bits per heavy atom. The van der Waals surface area contributed by atoms with E-state index in [0.29, 0.717) is 18.8 Å². The number of imide groups is 1. The molecule has 0 atom stereocenters. The van der Waals surface area contributed by atoms with Gasteiger partial charge in [0.05, 0.1) is 18.0 Å². The summed E-state index contributed by atoms with van der Waals surface area (Å²) in [5, 5.41) is 11.7. The maximum atomic E-state index is 12.6. The second-order valence-corrected chi connectivity index (χ2v) is 7.78. The number of anilines is 1. The number of rotatable bonds is 6. The SMILES string of the molecule is O=C1C=C(Nc2cccc(S(=O)(=O)N3CCCC3)c2)C(=O)N1CCO. The number of hydrogen-bond acceptors (Lipinski definition) is 6. The van der Waals surface area contributed by atoms with E-state index >= 15 is 0 Å². The van der Waals surface area contributed by atoms with Gasteiger partial charge in [-0.3, -0.25) is 14.5 Å². The summed E-state index contributed by atoms with van der Waals surface area (Å²) in [5.41, 5.74) is 0.452. The molecule has 9 heteroatoms. The summed E-state index contributed by atoms with van der Waals surface area (Å²) in [6.45, 7) is 0.618. The Kier molecular flexibility index (Phi) is 4.89. The number of aliphatic hydroxyl groups is 1. The van der Waals surface area contributed by atoms with E-state index in [-0.39, 0.29) is 23.7 Å². The predicted molar refractivity (Wildman–Crippen MR) is 89.9 cm³/mol. The van der Waals surface area contributed by atoms with Crippen molar-refractivity contribution in [2.75, 3.05) is 31.6 Å². The van der Waals surface area contributed by atoms with Gasteiger partial charge in [0.2, 0.25) is 10.0 Å². The monoisotopic (exact) mass is 365 g/mol. The van der Waals surface area contributed by atoms with Gasteiger partial charge in [-0.2, -0.15) is 4.31 Å². The predicted octanol–water partition coefficient (Wildman–Crippen LogP) is 0.128. The summed E-state index contributed by atoms with van der Waals surface area (Å²) in [5.74, 6) is -1.06. The summed E-state index contributed by atoms with van der Waals surface area (Å²) < 4.78 is 26.7. The Hall–Kier alpha value is -2.23. The molecule has 0 spiro atoms. The van der Waals surface area contributed by atoms with Crippen LogP contribution in [0.4, 0.5) is 5.69 Å². The minimum Gasteiger partial charge on any atom is -0.395 e. The molecule has 1 fully saturated rings. The average molecular weight is 365 g/mol. The largest absolute Gasteiger partial charge is 0.395 e. The van der Waals surface area contributed by atoms with Gasteiger partial charge >= 0.3 is 0 Å². The van der Waals surface area contributed by atoms with E-state index in [1.165, 1.54) is 16.4 Å². The number of hydrogen-bond donors (Lipinski definition) is 2. The molecule has 0 saturated carbocycles. The first-order valence-electron chi connectivity index (χ1n) is 7.99. The van der Waals surface area contributed by atoms with Gasteiger partial charge in [-0.05, 0) is 31.0 Å². The first-order chi connectivity index (χ1) is 11.9. The molecule has 2 heterocycles. The Morgan fingerprint density at radius 2 is 1.88 bits per heavy atom. The third kappa shape index (κ3) is 3.44. The Bertz CT molecular complexity index is 828. The van der Waals surface area contributed by atoms with Crippen molar-refractivity contribution in [2.45, 2.75) is 17.7 Å². The van der Waals surface area contributed by atoms with Crippen LogP contribution in [0.25, 0.3) is 0 Å². The first-order valence-corrected chi connectivity index (χ1v) is 9.43. The number of carbonyl (C=O) groups is 2. The van der Waals surface area contributed by atoms with Crippen LogP contribution >= 0.6 is 0 Å². The van der Waals surface area contributed by atoms with Gasteiger partial charge in [-0.15, -0.1) is 0 Å². The van der Waals surface area contributed by atoms with Crippen LogP contribution in [-0.4, -0.2) is 60.8 Å². The fourth-order valence-electron chi connectivity index (χ4n) is 2.88. The summed E-state index contributed by atoms with van der Waals surface area (Å²) >= 11 is 0. The summed E-state index contributed by atoms with van der Waals surface area (Å²) in [6.07, 6.45) is 2.84. The second kappa shape index (κ2) is 6.95. The van der Waals surface area contributed by atoms with Crippen LogP contribution in [0.5, 0.6) is 0 Å². The zero-order chi connectivity index (χ0) is 18.0. The first kappa shape index (κ1) is 17.6. The molecule has 0 aliphatic carbocycles. The van der Waals surface area contributed by atoms with Gasteiger partial charge in [-0.1, -0.05) is 6.07 Å². The van der Waals surface area contributed by atoms with E-state index in [1.54, 1.807) is 12.1 Å². The van der Waals surface area contributed by atoms with Crippen molar-refractivity contribution < 1.29 is 23.1 Å². The fourth-order valence-corrected chi connectivity index (χ4v) is 4.44. The Morgan fingerprint density at radius 3 is 2.56 bits per heavy atom. The smallest absolute Gasteiger partial charge is 0.277 e. The van der Waals surface area contributed by atoms with E-state index in [0.717, 1.165) is 23.8 Å². The minimum absolute atomic E-state index is 0.0502. The molecule has 2 N–H and O–H groups in total. The number of nitrogens with zero attached hydrogens (tertiary/aromatic N) is 2. The van der Waals surface area contributed by atoms with Crippen molar-refractivity contribution in [3.8, 4) is 0 Å². The molecular formula is C16H19N3O5S. The molecule has 8 nitrogen and oxygen atoms in total. The van der Waals surface area contributed by atoms with Crippen LogP contribution in [0.2, 0.25) is 0 Å². The highest BCUT2D eigenvalue weighted by Gasteiger charge is 2.31. The average Bonchev–Trinajstić information content (AvgIpc) is 3.21. The molecule has 25 heavy (non-hydrogen) atoms. The number of nitrogens with one attached hydrogen (secondary N) is 1. The van der Waals surface area contributed by atoms with E-state index in [9.17, 15) is 18.0 Å². The number of carbonyl (C=O) groups excluding carboxylic acids is 2. The van der Waals surface area contributed by atoms with Crippen molar-refractivity contribution in [1.29, 1.82) is 0 Å². The molecular weight excluding hydrogens is 346 g/mol. The van der Waals surface area contributed by atoms with Crippen molar-refractivity contribution in [3.63, 3.8) is 0 Å². The zero-order valence-corrected chi connectivity index (χ0v) is 14.3. The molecule has 0 radical (unpaired) electrons. The molecule has 2 aliphatic heterocycles. The van der Waals surface area contributed by atoms with Gasteiger partial charge in [-0.25, -0.2) is 8.42 Å². The number of aliphatic hydroxyl groups excluding tert-OH is 1. The van der Waals surface area contributed by atoms with Crippen molar-refractivity contribution in [3.05, 3.63) is 36.0 Å². The quantitative estimate of drug-likeness (QED) is 0.694. The van der Waals surface area contributed by atoms with Crippen molar-refractivity contribution in [2.24, 2.45) is 0 Å². The third-order valence-corrected chi connectivity index (χ3v) is 6.04. The van der Waals surface area contributed by atoms with Gasteiger partial charge in [0.1, 0.15) is 5.70 Å². The highest BCUT2D eigenvalue weighted by Crippen LogP contribution is 2.24. The summed E-state index contributed by atoms with van der Waals surface area (Å²) in [4.78, 5) is 25.0. The molecule has 2 aliphatic rings. The standard InChI is InChI=1S/C16H19N3O5S/c20-9-8-19-15(21)11-14(16(19)22)17-12-4-3-5-13(10-12)25(23,24)18-6-1-2-7-18/h3-5,10-11,17,20H,1-2,6-9H2. The number of benzene rings is 1. The van der Waals surface area contributed by atoms with Gasteiger partial charge < -0.3 is 10.4 Å².